The largest absolute Gasteiger partial charge is 0.339 e. The average molecular weight is 188 g/mol. The lowest BCUT2D eigenvalue weighted by atomic mass is 10.1. The van der Waals surface area contributed by atoms with Crippen molar-refractivity contribution in [2.45, 2.75) is 6.42 Å². The molecule has 4 heteroatoms. The molecule has 0 aliphatic rings. The number of aromatic nitrogens is 2. The van der Waals surface area contributed by atoms with Gasteiger partial charge in [0.15, 0.2) is 12.1 Å². The molecule has 2 rings (SSSR count). The van der Waals surface area contributed by atoms with Crippen LogP contribution in [0.5, 0.6) is 0 Å². The fourth-order valence-electron chi connectivity index (χ4n) is 1.14. The highest BCUT2D eigenvalue weighted by molar-refractivity contribution is 5.96. The third kappa shape index (κ3) is 1.85. The van der Waals surface area contributed by atoms with E-state index >= 15 is 0 Å². The zero-order valence-corrected chi connectivity index (χ0v) is 7.38. The van der Waals surface area contributed by atoms with E-state index in [1.807, 2.05) is 18.2 Å². The van der Waals surface area contributed by atoms with Crippen molar-refractivity contribution in [3.05, 3.63) is 48.1 Å². The molecule has 0 aliphatic heterocycles. The Morgan fingerprint density at radius 3 is 2.71 bits per heavy atom. The molecule has 70 valence electrons. The summed E-state index contributed by atoms with van der Waals surface area (Å²) in [7, 11) is 0. The molecule has 14 heavy (non-hydrogen) atoms. The third-order valence-electron chi connectivity index (χ3n) is 1.81. The van der Waals surface area contributed by atoms with E-state index in [0.29, 0.717) is 11.5 Å². The molecular formula is C10H8N2O2. The summed E-state index contributed by atoms with van der Waals surface area (Å²) < 4.78 is 4.74. The van der Waals surface area contributed by atoms with Gasteiger partial charge in [0.1, 0.15) is 0 Å². The minimum Gasteiger partial charge on any atom is -0.339 e. The van der Waals surface area contributed by atoms with Crippen molar-refractivity contribution >= 4 is 5.78 Å². The van der Waals surface area contributed by atoms with Gasteiger partial charge >= 0.3 is 0 Å². The first-order chi connectivity index (χ1) is 6.86. The summed E-state index contributed by atoms with van der Waals surface area (Å²) in [5.74, 6) is 0.328. The smallest absolute Gasteiger partial charge is 0.234 e. The molecule has 0 spiro atoms. The van der Waals surface area contributed by atoms with Gasteiger partial charge in [0.05, 0.1) is 6.42 Å². The Morgan fingerprint density at radius 1 is 1.29 bits per heavy atom. The van der Waals surface area contributed by atoms with Crippen LogP contribution < -0.4 is 0 Å². The Hall–Kier alpha value is -1.97. The van der Waals surface area contributed by atoms with Crippen LogP contribution in [-0.4, -0.2) is 15.9 Å². The minimum atomic E-state index is -0.0187. The van der Waals surface area contributed by atoms with Gasteiger partial charge in [0.25, 0.3) is 0 Å². The van der Waals surface area contributed by atoms with E-state index in [1.165, 1.54) is 6.33 Å². The van der Waals surface area contributed by atoms with Crippen molar-refractivity contribution in [3.63, 3.8) is 0 Å². The Kier molecular flexibility index (Phi) is 2.36. The summed E-state index contributed by atoms with van der Waals surface area (Å²) >= 11 is 0. The molecular weight excluding hydrogens is 180 g/mol. The van der Waals surface area contributed by atoms with Gasteiger partial charge in [-0.2, -0.15) is 4.98 Å². The summed E-state index contributed by atoms with van der Waals surface area (Å²) in [6.07, 6.45) is 1.44. The highest BCUT2D eigenvalue weighted by Crippen LogP contribution is 2.04. The fourth-order valence-corrected chi connectivity index (χ4v) is 1.14. The van der Waals surface area contributed by atoms with Crippen LogP contribution in [0, 0.1) is 0 Å². The first-order valence-electron chi connectivity index (χ1n) is 4.20. The average Bonchev–Trinajstić information content (AvgIpc) is 2.72. The lowest BCUT2D eigenvalue weighted by Gasteiger charge is -1.95. The van der Waals surface area contributed by atoms with Crippen LogP contribution in [0.15, 0.2) is 41.2 Å². The van der Waals surface area contributed by atoms with Crippen molar-refractivity contribution in [2.75, 3.05) is 0 Å². The van der Waals surface area contributed by atoms with Gasteiger partial charge in [-0.1, -0.05) is 35.5 Å². The molecule has 0 unspecified atom stereocenters. The number of rotatable bonds is 3. The first kappa shape index (κ1) is 8.62. The molecule has 0 amide bonds. The molecule has 1 heterocycles. The second kappa shape index (κ2) is 3.83. The predicted molar refractivity (Wildman–Crippen MR) is 48.8 cm³/mol. The van der Waals surface area contributed by atoms with Gasteiger partial charge in [0.2, 0.25) is 5.89 Å². The zero-order chi connectivity index (χ0) is 9.80. The summed E-state index contributed by atoms with van der Waals surface area (Å²) in [6, 6.07) is 9.03. The van der Waals surface area contributed by atoms with E-state index in [4.69, 9.17) is 4.52 Å². The molecule has 1 aromatic carbocycles. The van der Waals surface area contributed by atoms with Crippen LogP contribution in [0.1, 0.15) is 16.2 Å². The van der Waals surface area contributed by atoms with Crippen molar-refractivity contribution in [1.29, 1.82) is 0 Å². The molecule has 0 fully saturated rings. The molecule has 0 saturated heterocycles. The highest BCUT2D eigenvalue weighted by atomic mass is 16.5. The van der Waals surface area contributed by atoms with Crippen molar-refractivity contribution in [3.8, 4) is 0 Å². The molecule has 0 atom stereocenters. The summed E-state index contributed by atoms with van der Waals surface area (Å²) in [5.41, 5.74) is 0.658. The van der Waals surface area contributed by atoms with E-state index in [1.54, 1.807) is 12.1 Å². The van der Waals surface area contributed by atoms with E-state index in [-0.39, 0.29) is 12.2 Å². The standard InChI is InChI=1S/C10H8N2O2/c13-9(6-10-11-7-12-14-10)8-4-2-1-3-5-8/h1-5,7H,6H2. The van der Waals surface area contributed by atoms with Crippen LogP contribution in [0.2, 0.25) is 0 Å². The maximum atomic E-state index is 11.6. The maximum Gasteiger partial charge on any atom is 0.234 e. The highest BCUT2D eigenvalue weighted by Gasteiger charge is 2.09. The topological polar surface area (TPSA) is 56.0 Å². The van der Waals surface area contributed by atoms with Gasteiger partial charge in [-0.05, 0) is 0 Å². The Morgan fingerprint density at radius 2 is 2.07 bits per heavy atom. The maximum absolute atomic E-state index is 11.6. The van der Waals surface area contributed by atoms with E-state index in [0.717, 1.165) is 0 Å². The molecule has 0 N–H and O–H groups in total. The van der Waals surface area contributed by atoms with Crippen molar-refractivity contribution < 1.29 is 9.32 Å². The lowest BCUT2D eigenvalue weighted by molar-refractivity contribution is 0.0983. The number of carbonyl (C=O) groups excluding carboxylic acids is 1. The van der Waals surface area contributed by atoms with Crippen molar-refractivity contribution in [2.24, 2.45) is 0 Å². The number of Topliss-reactive ketones (excluding diaryl/α,β-unsaturated/α-hetero) is 1. The van der Waals surface area contributed by atoms with Gasteiger partial charge < -0.3 is 4.52 Å². The fraction of sp³-hybridized carbons (Fsp3) is 0.100. The molecule has 0 bridgehead atoms. The number of nitrogens with zero attached hydrogens (tertiary/aromatic N) is 2. The summed E-state index contributed by atoms with van der Waals surface area (Å²) in [4.78, 5) is 15.4. The van der Waals surface area contributed by atoms with Crippen LogP contribution in [0.25, 0.3) is 0 Å². The normalized spacial score (nSPS) is 10.0. The zero-order valence-electron chi connectivity index (χ0n) is 7.38. The van der Waals surface area contributed by atoms with Gasteiger partial charge in [0, 0.05) is 5.56 Å². The SMILES string of the molecule is O=C(Cc1ncno1)c1ccccc1. The predicted octanol–water partition coefficient (Wildman–Crippen LogP) is 1.49. The number of hydrogen-bond acceptors (Lipinski definition) is 4. The summed E-state index contributed by atoms with van der Waals surface area (Å²) in [5, 5.41) is 3.43. The van der Waals surface area contributed by atoms with Gasteiger partial charge in [-0.25, -0.2) is 0 Å². The molecule has 2 aromatic rings. The number of benzene rings is 1. The quantitative estimate of drug-likeness (QED) is 0.685. The number of ketones is 1. The third-order valence-corrected chi connectivity index (χ3v) is 1.81. The van der Waals surface area contributed by atoms with Crippen LogP contribution in [0.3, 0.4) is 0 Å². The first-order valence-corrected chi connectivity index (χ1v) is 4.20. The summed E-state index contributed by atoms with van der Waals surface area (Å²) in [6.45, 7) is 0. The second-order valence-corrected chi connectivity index (χ2v) is 2.80. The van der Waals surface area contributed by atoms with Crippen molar-refractivity contribution in [1.82, 2.24) is 10.1 Å². The molecule has 4 nitrogen and oxygen atoms in total. The Bertz CT molecular complexity index is 409. The lowest BCUT2D eigenvalue weighted by Crippen LogP contribution is -2.03. The molecule has 0 saturated carbocycles. The molecule has 0 aliphatic carbocycles. The minimum absolute atomic E-state index is 0.0187. The van der Waals surface area contributed by atoms with E-state index < -0.39 is 0 Å². The van der Waals surface area contributed by atoms with Crippen LogP contribution >= 0.6 is 0 Å². The number of carbonyl (C=O) groups is 1. The van der Waals surface area contributed by atoms with Crippen LogP contribution in [0.4, 0.5) is 0 Å². The molecule has 0 radical (unpaired) electrons. The van der Waals surface area contributed by atoms with Gasteiger partial charge in [-0.15, -0.1) is 0 Å². The Balaban J connectivity index is 2.11. The monoisotopic (exact) mass is 188 g/mol. The Labute approximate surface area is 80.6 Å². The van der Waals surface area contributed by atoms with Crippen LogP contribution in [-0.2, 0) is 6.42 Å². The van der Waals surface area contributed by atoms with Gasteiger partial charge in [-0.3, -0.25) is 4.79 Å². The van der Waals surface area contributed by atoms with E-state index in [2.05, 4.69) is 10.1 Å². The molecule has 1 aromatic heterocycles. The second-order valence-electron chi connectivity index (χ2n) is 2.80. The number of hydrogen-bond donors (Lipinski definition) is 0. The van der Waals surface area contributed by atoms with E-state index in [9.17, 15) is 4.79 Å².